The summed E-state index contributed by atoms with van der Waals surface area (Å²) in [5, 5.41) is 6.66. The molecule has 0 saturated carbocycles. The van der Waals surface area contributed by atoms with Gasteiger partial charge >= 0.3 is 0 Å². The van der Waals surface area contributed by atoms with Crippen molar-refractivity contribution in [3.63, 3.8) is 0 Å². The van der Waals surface area contributed by atoms with Gasteiger partial charge in [-0.15, -0.1) is 0 Å². The third-order valence-electron chi connectivity index (χ3n) is 12.3. The summed E-state index contributed by atoms with van der Waals surface area (Å²) in [4.78, 5) is 15.5. The van der Waals surface area contributed by atoms with E-state index in [0.29, 0.717) is 17.5 Å². The summed E-state index contributed by atoms with van der Waals surface area (Å²) in [7, 11) is 0. The first kappa shape index (κ1) is 35.2. The van der Waals surface area contributed by atoms with Crippen molar-refractivity contribution < 1.29 is 4.42 Å². The van der Waals surface area contributed by atoms with Crippen LogP contribution in [0.2, 0.25) is 0 Å². The number of aromatic nitrogens is 5. The van der Waals surface area contributed by atoms with Gasteiger partial charge < -0.3 is 13.6 Å². The Labute approximate surface area is 361 Å². The molecule has 0 aliphatic rings. The second-order valence-corrected chi connectivity index (χ2v) is 16.0. The quantitative estimate of drug-likeness (QED) is 0.168. The van der Waals surface area contributed by atoms with Crippen LogP contribution in [0, 0.1) is 0 Å². The molecule has 13 aromatic rings. The van der Waals surface area contributed by atoms with Crippen LogP contribution in [0.4, 0.5) is 0 Å². The molecule has 4 heterocycles. The van der Waals surface area contributed by atoms with Gasteiger partial charge in [-0.05, 0) is 53.6 Å². The molecule has 0 saturated heterocycles. The van der Waals surface area contributed by atoms with E-state index in [1.807, 2.05) is 66.7 Å². The van der Waals surface area contributed by atoms with Crippen molar-refractivity contribution in [2.45, 2.75) is 0 Å². The first-order valence-corrected chi connectivity index (χ1v) is 21.2. The maximum Gasteiger partial charge on any atom is 0.164 e. The number of para-hydroxylation sites is 4. The van der Waals surface area contributed by atoms with Crippen molar-refractivity contribution in [3.05, 3.63) is 212 Å². The lowest BCUT2D eigenvalue weighted by Crippen LogP contribution is -2.00. The lowest BCUT2D eigenvalue weighted by Gasteiger charge is -2.13. The van der Waals surface area contributed by atoms with Gasteiger partial charge in [0.05, 0.1) is 27.8 Å². The highest BCUT2D eigenvalue weighted by Gasteiger charge is 2.25. The van der Waals surface area contributed by atoms with Gasteiger partial charge in [-0.25, -0.2) is 15.0 Å². The second-order valence-electron chi connectivity index (χ2n) is 16.0. The molecule has 0 radical (unpaired) electrons. The van der Waals surface area contributed by atoms with Crippen LogP contribution in [0.1, 0.15) is 0 Å². The minimum absolute atomic E-state index is 0.574. The molecule has 294 valence electrons. The molecule has 0 spiro atoms. The molecule has 0 fully saturated rings. The van der Waals surface area contributed by atoms with Crippen LogP contribution in [0.15, 0.2) is 217 Å². The molecule has 0 N–H and O–H groups in total. The summed E-state index contributed by atoms with van der Waals surface area (Å²) in [5.74, 6) is 1.79. The van der Waals surface area contributed by atoms with Gasteiger partial charge in [-0.2, -0.15) is 0 Å². The predicted molar refractivity (Wildman–Crippen MR) is 258 cm³/mol. The van der Waals surface area contributed by atoms with Crippen LogP contribution in [-0.4, -0.2) is 24.1 Å². The Morgan fingerprint density at radius 1 is 0.349 bits per heavy atom. The van der Waals surface area contributed by atoms with Crippen molar-refractivity contribution in [2.75, 3.05) is 0 Å². The smallest absolute Gasteiger partial charge is 0.164 e. The van der Waals surface area contributed by atoms with Crippen LogP contribution in [0.25, 0.3) is 122 Å². The van der Waals surface area contributed by atoms with E-state index in [1.165, 1.54) is 21.5 Å². The molecule has 4 aromatic heterocycles. The predicted octanol–water partition coefficient (Wildman–Crippen LogP) is 14.6. The third kappa shape index (κ3) is 5.48. The fourth-order valence-corrected chi connectivity index (χ4v) is 9.59. The molecule has 0 bridgehead atoms. The van der Waals surface area contributed by atoms with Crippen molar-refractivity contribution in [2.24, 2.45) is 0 Å². The molecule has 0 atom stereocenters. The molecular formula is C57H35N5O. The topological polar surface area (TPSA) is 61.7 Å². The Balaban J connectivity index is 1.15. The number of hydrogen-bond donors (Lipinski definition) is 0. The van der Waals surface area contributed by atoms with E-state index in [0.717, 1.165) is 83.2 Å². The molecule has 6 heteroatoms. The van der Waals surface area contributed by atoms with E-state index in [9.17, 15) is 0 Å². The summed E-state index contributed by atoms with van der Waals surface area (Å²) >= 11 is 0. The Hall–Kier alpha value is -8.61. The third-order valence-corrected chi connectivity index (χ3v) is 12.3. The number of fused-ring (bicyclic) bond motifs is 10. The molecule has 63 heavy (non-hydrogen) atoms. The zero-order chi connectivity index (χ0) is 41.4. The number of furan rings is 1. The monoisotopic (exact) mass is 805 g/mol. The lowest BCUT2D eigenvalue weighted by atomic mass is 9.98. The number of hydrogen-bond acceptors (Lipinski definition) is 4. The van der Waals surface area contributed by atoms with E-state index in [-0.39, 0.29) is 0 Å². The van der Waals surface area contributed by atoms with E-state index < -0.39 is 0 Å². The molecular weight excluding hydrogens is 771 g/mol. The Kier molecular flexibility index (Phi) is 7.80. The lowest BCUT2D eigenvalue weighted by molar-refractivity contribution is 0.666. The van der Waals surface area contributed by atoms with Crippen LogP contribution < -0.4 is 0 Å². The summed E-state index contributed by atoms with van der Waals surface area (Å²) in [5.41, 5.74) is 12.9. The summed E-state index contributed by atoms with van der Waals surface area (Å²) in [6, 6.07) is 74.2. The highest BCUT2D eigenvalue weighted by atomic mass is 16.3. The SMILES string of the molecule is c1ccc(-c2cc(-c3nc(-c4ccccc4)nc(-c4ccccc4)n3)c3c(c2)oc2c(-n4c5ccccc5c5ccc6c7ccccc7n(-c7ccccc7)c6c54)cccc23)cc1. The second kappa shape index (κ2) is 14.0. The zero-order valence-electron chi connectivity index (χ0n) is 33.9. The fourth-order valence-electron chi connectivity index (χ4n) is 9.59. The number of nitrogens with zero attached hydrogens (tertiary/aromatic N) is 5. The highest BCUT2D eigenvalue weighted by molar-refractivity contribution is 6.24. The van der Waals surface area contributed by atoms with Crippen molar-refractivity contribution in [1.82, 2.24) is 24.1 Å². The Morgan fingerprint density at radius 2 is 0.841 bits per heavy atom. The van der Waals surface area contributed by atoms with Gasteiger partial charge in [-0.1, -0.05) is 170 Å². The van der Waals surface area contributed by atoms with E-state index in [1.54, 1.807) is 0 Å². The average molecular weight is 806 g/mol. The summed E-state index contributed by atoms with van der Waals surface area (Å²) in [6.45, 7) is 0. The fraction of sp³-hybridized carbons (Fsp3) is 0. The van der Waals surface area contributed by atoms with E-state index in [4.69, 9.17) is 19.4 Å². The molecule has 6 nitrogen and oxygen atoms in total. The van der Waals surface area contributed by atoms with Crippen molar-refractivity contribution in [1.29, 1.82) is 0 Å². The van der Waals surface area contributed by atoms with Gasteiger partial charge in [0.1, 0.15) is 5.58 Å². The van der Waals surface area contributed by atoms with Crippen molar-refractivity contribution in [3.8, 4) is 56.7 Å². The number of benzene rings is 9. The minimum atomic E-state index is 0.574. The van der Waals surface area contributed by atoms with Gasteiger partial charge in [0.2, 0.25) is 0 Å². The van der Waals surface area contributed by atoms with Gasteiger partial charge in [-0.3, -0.25) is 0 Å². The first-order chi connectivity index (χ1) is 31.3. The van der Waals surface area contributed by atoms with Gasteiger partial charge in [0, 0.05) is 54.7 Å². The molecule has 13 rings (SSSR count). The van der Waals surface area contributed by atoms with Crippen LogP contribution in [0.5, 0.6) is 0 Å². The number of rotatable bonds is 6. The van der Waals surface area contributed by atoms with Gasteiger partial charge in [0.15, 0.2) is 23.1 Å². The Morgan fingerprint density at radius 3 is 1.46 bits per heavy atom. The largest absolute Gasteiger partial charge is 0.454 e. The maximum absolute atomic E-state index is 7.25. The molecule has 0 unspecified atom stereocenters. The Bertz CT molecular complexity index is 3830. The maximum atomic E-state index is 7.25. The normalized spacial score (nSPS) is 11.8. The molecule has 9 aromatic carbocycles. The molecule has 0 aliphatic heterocycles. The minimum Gasteiger partial charge on any atom is -0.454 e. The van der Waals surface area contributed by atoms with Crippen LogP contribution in [-0.2, 0) is 0 Å². The summed E-state index contributed by atoms with van der Waals surface area (Å²) in [6.07, 6.45) is 0. The van der Waals surface area contributed by atoms with Crippen molar-refractivity contribution >= 4 is 65.6 Å². The molecule has 0 amide bonds. The highest BCUT2D eigenvalue weighted by Crippen LogP contribution is 2.45. The van der Waals surface area contributed by atoms with E-state index >= 15 is 0 Å². The van der Waals surface area contributed by atoms with Crippen LogP contribution in [0.3, 0.4) is 0 Å². The molecule has 0 aliphatic carbocycles. The standard InChI is InChI=1S/C57H35N5O/c1-5-18-36(19-6-1)39-34-46(57-59-55(37-20-7-2-8-21-37)58-56(60-57)38-22-9-3-10-23-38)51-45-28-17-31-49(54(45)63-50(51)35-39)62-48-30-16-14-27-42(48)44-33-32-43-41-26-13-15-29-47(41)61(52(43)53(44)62)40-24-11-4-12-25-40/h1-35H. The zero-order valence-corrected chi connectivity index (χ0v) is 33.9. The first-order valence-electron chi connectivity index (χ1n) is 21.2. The average Bonchev–Trinajstić information content (AvgIpc) is 4.03. The van der Waals surface area contributed by atoms with Gasteiger partial charge in [0.25, 0.3) is 0 Å². The summed E-state index contributed by atoms with van der Waals surface area (Å²) < 4.78 is 12.1. The van der Waals surface area contributed by atoms with Crippen LogP contribution >= 0.6 is 0 Å². The van der Waals surface area contributed by atoms with E-state index in [2.05, 4.69) is 155 Å².